The van der Waals surface area contributed by atoms with Crippen LogP contribution in [0.25, 0.3) is 6.08 Å². The highest BCUT2D eigenvalue weighted by molar-refractivity contribution is 6.31. The van der Waals surface area contributed by atoms with Gasteiger partial charge in [0.25, 0.3) is 5.91 Å². The van der Waals surface area contributed by atoms with Crippen LogP contribution in [0, 0.1) is 18.3 Å². The molecule has 0 aromatic heterocycles. The average molecular weight is 383 g/mol. The fourth-order valence-electron chi connectivity index (χ4n) is 2.21. The van der Waals surface area contributed by atoms with Gasteiger partial charge in [0.05, 0.1) is 7.11 Å². The summed E-state index contributed by atoms with van der Waals surface area (Å²) in [4.78, 5) is 12.5. The Labute approximate surface area is 163 Å². The first kappa shape index (κ1) is 20.1. The van der Waals surface area contributed by atoms with Crippen molar-refractivity contribution in [1.82, 2.24) is 0 Å². The summed E-state index contributed by atoms with van der Waals surface area (Å²) in [7, 11) is 1.54. The summed E-state index contributed by atoms with van der Waals surface area (Å²) in [6, 6.07) is 12.2. The van der Waals surface area contributed by atoms with Crippen LogP contribution in [0.15, 0.2) is 54.6 Å². The van der Waals surface area contributed by atoms with Crippen LogP contribution >= 0.6 is 11.6 Å². The summed E-state index contributed by atoms with van der Waals surface area (Å²) >= 11 is 6.07. The summed E-state index contributed by atoms with van der Waals surface area (Å²) in [5, 5.41) is 12.6. The van der Waals surface area contributed by atoms with Crippen molar-refractivity contribution in [2.75, 3.05) is 19.0 Å². The number of ether oxygens (including phenoxy) is 2. The maximum Gasteiger partial charge on any atom is 0.266 e. The lowest BCUT2D eigenvalue weighted by molar-refractivity contribution is -0.112. The molecule has 0 fully saturated rings. The van der Waals surface area contributed by atoms with Crippen LogP contribution in [-0.2, 0) is 4.79 Å². The fourth-order valence-corrected chi connectivity index (χ4v) is 2.39. The van der Waals surface area contributed by atoms with Gasteiger partial charge < -0.3 is 14.8 Å². The molecule has 1 amide bonds. The molecule has 2 aromatic carbocycles. The highest BCUT2D eigenvalue weighted by Gasteiger charge is 2.12. The third kappa shape index (κ3) is 5.37. The van der Waals surface area contributed by atoms with E-state index in [-0.39, 0.29) is 12.2 Å². The van der Waals surface area contributed by atoms with Gasteiger partial charge in [-0.15, -0.1) is 0 Å². The molecule has 2 aromatic rings. The van der Waals surface area contributed by atoms with Crippen molar-refractivity contribution in [2.45, 2.75) is 6.92 Å². The Hall–Kier alpha value is -3.23. The van der Waals surface area contributed by atoms with Crippen LogP contribution in [0.3, 0.4) is 0 Å². The zero-order valence-electron chi connectivity index (χ0n) is 15.1. The largest absolute Gasteiger partial charge is 0.497 e. The monoisotopic (exact) mass is 382 g/mol. The molecule has 0 aliphatic carbocycles. The standard InChI is InChI=1S/C21H19ClN2O3/c1-4-9-27-20-12-18(26-3)8-6-15(20)10-16(13-23)21(25)24-17-7-5-14(2)19(22)11-17/h4-8,10-12H,1,9H2,2-3H3,(H,24,25)/b16-10+. The first-order chi connectivity index (χ1) is 13.0. The van der Waals surface area contributed by atoms with Crippen molar-refractivity contribution >= 4 is 29.3 Å². The maximum atomic E-state index is 12.5. The van der Waals surface area contributed by atoms with Gasteiger partial charge in [-0.3, -0.25) is 4.79 Å². The molecular weight excluding hydrogens is 364 g/mol. The van der Waals surface area contributed by atoms with Gasteiger partial charge in [0.1, 0.15) is 29.7 Å². The van der Waals surface area contributed by atoms with E-state index in [0.717, 1.165) is 5.56 Å². The Kier molecular flexibility index (Phi) is 7.04. The van der Waals surface area contributed by atoms with E-state index in [4.69, 9.17) is 21.1 Å². The quantitative estimate of drug-likeness (QED) is 0.425. The normalized spacial score (nSPS) is 10.7. The molecule has 0 heterocycles. The van der Waals surface area contributed by atoms with E-state index < -0.39 is 5.91 Å². The number of rotatable bonds is 7. The number of amides is 1. The number of benzene rings is 2. The predicted octanol–water partition coefficient (Wildman–Crippen LogP) is 4.77. The third-order valence-electron chi connectivity index (χ3n) is 3.67. The van der Waals surface area contributed by atoms with Crippen LogP contribution in [0.1, 0.15) is 11.1 Å². The van der Waals surface area contributed by atoms with E-state index in [2.05, 4.69) is 11.9 Å². The molecule has 2 rings (SSSR count). The molecule has 0 bridgehead atoms. The number of hydrogen-bond acceptors (Lipinski definition) is 4. The Balaban J connectivity index is 2.31. The SMILES string of the molecule is C=CCOc1cc(OC)ccc1/C=C(\C#N)C(=O)Nc1ccc(C)c(Cl)c1. The number of nitriles is 1. The second-order valence-corrected chi connectivity index (χ2v) is 6.00. The van der Waals surface area contributed by atoms with Gasteiger partial charge in [-0.25, -0.2) is 0 Å². The maximum absolute atomic E-state index is 12.5. The van der Waals surface area contributed by atoms with Crippen LogP contribution < -0.4 is 14.8 Å². The summed E-state index contributed by atoms with van der Waals surface area (Å²) in [6.45, 7) is 5.76. The van der Waals surface area contributed by atoms with E-state index >= 15 is 0 Å². The van der Waals surface area contributed by atoms with Crippen LogP contribution in [-0.4, -0.2) is 19.6 Å². The van der Waals surface area contributed by atoms with Gasteiger partial charge in [0.15, 0.2) is 0 Å². The zero-order valence-corrected chi connectivity index (χ0v) is 15.8. The first-order valence-electron chi connectivity index (χ1n) is 8.09. The lowest BCUT2D eigenvalue weighted by atomic mass is 10.1. The minimum atomic E-state index is -0.539. The van der Waals surface area contributed by atoms with E-state index in [0.29, 0.717) is 27.8 Å². The summed E-state index contributed by atoms with van der Waals surface area (Å²) in [5.74, 6) is 0.541. The van der Waals surface area contributed by atoms with Gasteiger partial charge in [-0.05, 0) is 42.8 Å². The number of anilines is 1. The molecule has 6 heteroatoms. The first-order valence-corrected chi connectivity index (χ1v) is 8.47. The number of halogens is 1. The third-order valence-corrected chi connectivity index (χ3v) is 4.08. The molecule has 0 saturated carbocycles. The topological polar surface area (TPSA) is 71.3 Å². The van der Waals surface area contributed by atoms with E-state index in [1.54, 1.807) is 49.6 Å². The lowest BCUT2D eigenvalue weighted by Gasteiger charge is -2.10. The number of hydrogen-bond donors (Lipinski definition) is 1. The van der Waals surface area contributed by atoms with Crippen LogP contribution in [0.5, 0.6) is 11.5 Å². The van der Waals surface area contributed by atoms with Crippen LogP contribution in [0.2, 0.25) is 5.02 Å². The van der Waals surface area contributed by atoms with Gasteiger partial charge in [-0.2, -0.15) is 5.26 Å². The molecule has 27 heavy (non-hydrogen) atoms. The number of carbonyl (C=O) groups is 1. The van der Waals surface area contributed by atoms with E-state index in [1.807, 2.05) is 13.0 Å². The average Bonchev–Trinajstić information content (AvgIpc) is 2.67. The fraction of sp³-hybridized carbons (Fsp3) is 0.143. The molecule has 0 saturated heterocycles. The molecule has 0 atom stereocenters. The van der Waals surface area contributed by atoms with Crippen LogP contribution in [0.4, 0.5) is 5.69 Å². The zero-order chi connectivity index (χ0) is 19.8. The van der Waals surface area contributed by atoms with E-state index in [9.17, 15) is 10.1 Å². The molecule has 138 valence electrons. The molecule has 0 aliphatic heterocycles. The van der Waals surface area contributed by atoms with Crippen molar-refractivity contribution in [2.24, 2.45) is 0 Å². The Morgan fingerprint density at radius 2 is 2.11 bits per heavy atom. The summed E-state index contributed by atoms with van der Waals surface area (Å²) < 4.78 is 10.8. The summed E-state index contributed by atoms with van der Waals surface area (Å²) in [5.41, 5.74) is 1.91. The number of nitrogens with one attached hydrogen (secondary N) is 1. The van der Waals surface area contributed by atoms with Gasteiger partial charge >= 0.3 is 0 Å². The van der Waals surface area contributed by atoms with Crippen molar-refractivity contribution in [1.29, 1.82) is 5.26 Å². The molecule has 0 spiro atoms. The smallest absolute Gasteiger partial charge is 0.266 e. The molecule has 0 unspecified atom stereocenters. The molecule has 1 N–H and O–H groups in total. The van der Waals surface area contributed by atoms with Crippen molar-refractivity contribution in [3.63, 3.8) is 0 Å². The second kappa shape index (κ2) is 9.46. The number of methoxy groups -OCH3 is 1. The van der Waals surface area contributed by atoms with Crippen molar-refractivity contribution < 1.29 is 14.3 Å². The van der Waals surface area contributed by atoms with Gasteiger partial charge in [0, 0.05) is 22.3 Å². The Morgan fingerprint density at radius 3 is 2.74 bits per heavy atom. The molecular formula is C21H19ClN2O3. The lowest BCUT2D eigenvalue weighted by Crippen LogP contribution is -2.13. The molecule has 5 nitrogen and oxygen atoms in total. The molecule has 0 aliphatic rings. The minimum absolute atomic E-state index is 0.0692. The minimum Gasteiger partial charge on any atom is -0.497 e. The Bertz CT molecular complexity index is 930. The Morgan fingerprint density at radius 1 is 1.33 bits per heavy atom. The molecule has 0 radical (unpaired) electrons. The number of nitrogens with zero attached hydrogens (tertiary/aromatic N) is 1. The predicted molar refractivity (Wildman–Crippen MR) is 107 cm³/mol. The number of carbonyl (C=O) groups excluding carboxylic acids is 1. The van der Waals surface area contributed by atoms with Crippen molar-refractivity contribution in [3.05, 3.63) is 70.8 Å². The van der Waals surface area contributed by atoms with Gasteiger partial charge in [0.2, 0.25) is 0 Å². The summed E-state index contributed by atoms with van der Waals surface area (Å²) in [6.07, 6.45) is 3.06. The highest BCUT2D eigenvalue weighted by atomic mass is 35.5. The van der Waals surface area contributed by atoms with Crippen molar-refractivity contribution in [3.8, 4) is 17.6 Å². The second-order valence-electron chi connectivity index (χ2n) is 5.59. The van der Waals surface area contributed by atoms with E-state index in [1.165, 1.54) is 6.08 Å². The van der Waals surface area contributed by atoms with Gasteiger partial charge in [-0.1, -0.05) is 30.3 Å². The highest BCUT2D eigenvalue weighted by Crippen LogP contribution is 2.27. The number of aryl methyl sites for hydroxylation is 1.